The van der Waals surface area contributed by atoms with E-state index in [2.05, 4.69) is 35.2 Å². The first-order valence-corrected chi connectivity index (χ1v) is 6.97. The summed E-state index contributed by atoms with van der Waals surface area (Å²) in [5.74, 6) is 0. The molecule has 1 aliphatic heterocycles. The summed E-state index contributed by atoms with van der Waals surface area (Å²) in [6.45, 7) is 3.22. The first-order valence-electron chi connectivity index (χ1n) is 6.97. The molecule has 0 N–H and O–H groups in total. The minimum atomic E-state index is 0.427. The summed E-state index contributed by atoms with van der Waals surface area (Å²) in [6, 6.07) is 9.00. The lowest BCUT2D eigenvalue weighted by atomic mass is 9.88. The number of benzene rings is 1. The van der Waals surface area contributed by atoms with Crippen molar-refractivity contribution in [2.75, 3.05) is 26.7 Å². The maximum absolute atomic E-state index is 10.8. The molecule has 1 aromatic rings. The van der Waals surface area contributed by atoms with Crippen molar-refractivity contribution in [2.45, 2.75) is 18.9 Å². The molecule has 0 aromatic heterocycles. The van der Waals surface area contributed by atoms with Crippen molar-refractivity contribution in [1.82, 2.24) is 9.80 Å². The summed E-state index contributed by atoms with van der Waals surface area (Å²) >= 11 is 0. The van der Waals surface area contributed by atoms with Crippen molar-refractivity contribution in [3.63, 3.8) is 0 Å². The van der Waals surface area contributed by atoms with E-state index in [0.29, 0.717) is 6.04 Å². The van der Waals surface area contributed by atoms with Gasteiger partial charge in [-0.25, -0.2) is 0 Å². The fourth-order valence-electron chi connectivity index (χ4n) is 3.05. The number of amides is 1. The van der Waals surface area contributed by atoms with E-state index >= 15 is 0 Å². The fourth-order valence-corrected chi connectivity index (χ4v) is 3.05. The summed E-state index contributed by atoms with van der Waals surface area (Å²) in [7, 11) is 1.89. The van der Waals surface area contributed by atoms with Gasteiger partial charge in [-0.1, -0.05) is 24.3 Å². The quantitative estimate of drug-likeness (QED) is 0.770. The number of carbonyl (C=O) groups excluding carboxylic acids is 1. The molecule has 0 radical (unpaired) electrons. The molecule has 3 heteroatoms. The van der Waals surface area contributed by atoms with Crippen LogP contribution in [-0.2, 0) is 4.79 Å². The van der Waals surface area contributed by atoms with Crippen molar-refractivity contribution < 1.29 is 4.79 Å². The van der Waals surface area contributed by atoms with Crippen LogP contribution in [0.2, 0.25) is 0 Å². The average molecular weight is 256 g/mol. The number of fused-ring (bicyclic) bond motifs is 1. The number of rotatable bonds is 4. The smallest absolute Gasteiger partial charge is 0.209 e. The van der Waals surface area contributed by atoms with Gasteiger partial charge in [-0.15, -0.1) is 0 Å². The number of nitrogens with zero attached hydrogens (tertiary/aromatic N) is 2. The van der Waals surface area contributed by atoms with Crippen LogP contribution in [0.25, 0.3) is 11.6 Å². The average Bonchev–Trinajstić information content (AvgIpc) is 2.44. The van der Waals surface area contributed by atoms with E-state index in [4.69, 9.17) is 0 Å². The van der Waals surface area contributed by atoms with Gasteiger partial charge >= 0.3 is 0 Å². The second kappa shape index (κ2) is 5.17. The molecule has 0 bridgehead atoms. The third-order valence-electron chi connectivity index (χ3n) is 4.33. The van der Waals surface area contributed by atoms with Crippen LogP contribution in [0, 0.1) is 0 Å². The topological polar surface area (TPSA) is 23.6 Å². The standard InChI is InChI=1S/C16H20N2O/c1-17(12-19)15-6-8-18(9-7-15)11-14-10-13-4-2-3-5-16(13)14/h2-5,10,12,15H,6-9,11H2,1H3. The number of hydrogen-bond donors (Lipinski definition) is 0. The number of piperidine rings is 1. The molecule has 1 fully saturated rings. The SMILES string of the molecule is CN(C=O)C1CCN(CC2=Cc3ccccc32)CC1. The Kier molecular flexibility index (Phi) is 3.38. The minimum absolute atomic E-state index is 0.427. The van der Waals surface area contributed by atoms with Gasteiger partial charge in [0.25, 0.3) is 0 Å². The lowest BCUT2D eigenvalue weighted by Gasteiger charge is -2.36. The molecule has 100 valence electrons. The molecule has 19 heavy (non-hydrogen) atoms. The summed E-state index contributed by atoms with van der Waals surface area (Å²) in [5, 5.41) is 0. The van der Waals surface area contributed by atoms with Crippen LogP contribution in [0.4, 0.5) is 0 Å². The molecule has 1 aromatic carbocycles. The lowest BCUT2D eigenvalue weighted by molar-refractivity contribution is -0.119. The van der Waals surface area contributed by atoms with Crippen molar-refractivity contribution in [3.8, 4) is 0 Å². The number of hydrogen-bond acceptors (Lipinski definition) is 2. The van der Waals surface area contributed by atoms with Gasteiger partial charge in [0.15, 0.2) is 0 Å². The Morgan fingerprint density at radius 1 is 1.32 bits per heavy atom. The lowest BCUT2D eigenvalue weighted by Crippen LogP contribution is -2.43. The van der Waals surface area contributed by atoms with Crippen LogP contribution in [0.15, 0.2) is 24.3 Å². The molecule has 3 nitrogen and oxygen atoms in total. The van der Waals surface area contributed by atoms with Crippen molar-refractivity contribution in [3.05, 3.63) is 35.4 Å². The van der Waals surface area contributed by atoms with Gasteiger partial charge in [-0.3, -0.25) is 9.69 Å². The van der Waals surface area contributed by atoms with E-state index in [1.54, 1.807) is 0 Å². The third-order valence-corrected chi connectivity index (χ3v) is 4.33. The Labute approximate surface area is 114 Å². The molecule has 1 aliphatic carbocycles. The van der Waals surface area contributed by atoms with E-state index in [-0.39, 0.29) is 0 Å². The summed E-state index contributed by atoms with van der Waals surface area (Å²) in [5.41, 5.74) is 4.24. The highest BCUT2D eigenvalue weighted by molar-refractivity contribution is 5.96. The van der Waals surface area contributed by atoms with Gasteiger partial charge in [0.1, 0.15) is 0 Å². The third kappa shape index (κ3) is 2.43. The van der Waals surface area contributed by atoms with Crippen LogP contribution < -0.4 is 0 Å². The molecular weight excluding hydrogens is 236 g/mol. The molecule has 3 rings (SSSR count). The van der Waals surface area contributed by atoms with Gasteiger partial charge in [0, 0.05) is 32.7 Å². The van der Waals surface area contributed by atoms with Crippen LogP contribution >= 0.6 is 0 Å². The molecule has 2 aliphatic rings. The zero-order valence-electron chi connectivity index (χ0n) is 11.4. The molecular formula is C16H20N2O. The summed E-state index contributed by atoms with van der Waals surface area (Å²) in [4.78, 5) is 15.1. The Hall–Kier alpha value is -1.61. The second-order valence-corrected chi connectivity index (χ2v) is 5.54. The van der Waals surface area contributed by atoms with Gasteiger partial charge in [-0.05, 0) is 35.6 Å². The number of carbonyl (C=O) groups is 1. The highest BCUT2D eigenvalue weighted by Crippen LogP contribution is 2.33. The first-order chi connectivity index (χ1) is 9.28. The first kappa shape index (κ1) is 12.4. The molecule has 1 saturated heterocycles. The van der Waals surface area contributed by atoms with E-state index < -0.39 is 0 Å². The minimum Gasteiger partial charge on any atom is -0.345 e. The van der Waals surface area contributed by atoms with Gasteiger partial charge in [0.2, 0.25) is 6.41 Å². The molecule has 0 spiro atoms. The Morgan fingerprint density at radius 2 is 2.05 bits per heavy atom. The predicted molar refractivity (Wildman–Crippen MR) is 77.6 cm³/mol. The molecule has 1 heterocycles. The maximum atomic E-state index is 10.8. The van der Waals surface area contributed by atoms with E-state index in [1.165, 1.54) is 16.7 Å². The zero-order chi connectivity index (χ0) is 13.2. The predicted octanol–water partition coefficient (Wildman–Crippen LogP) is 2.09. The molecule has 1 amide bonds. The monoisotopic (exact) mass is 256 g/mol. The maximum Gasteiger partial charge on any atom is 0.209 e. The van der Waals surface area contributed by atoms with Crippen molar-refractivity contribution >= 4 is 18.1 Å². The van der Waals surface area contributed by atoms with Crippen LogP contribution in [-0.4, -0.2) is 48.9 Å². The summed E-state index contributed by atoms with van der Waals surface area (Å²) < 4.78 is 0. The highest BCUT2D eigenvalue weighted by atomic mass is 16.1. The van der Waals surface area contributed by atoms with Gasteiger partial charge in [-0.2, -0.15) is 0 Å². The van der Waals surface area contributed by atoms with E-state index in [0.717, 1.165) is 38.9 Å². The van der Waals surface area contributed by atoms with Crippen molar-refractivity contribution in [2.24, 2.45) is 0 Å². The Morgan fingerprint density at radius 3 is 2.74 bits per heavy atom. The van der Waals surface area contributed by atoms with Gasteiger partial charge in [0.05, 0.1) is 0 Å². The Balaban J connectivity index is 1.53. The Bertz CT molecular complexity index is 501. The zero-order valence-corrected chi connectivity index (χ0v) is 11.4. The van der Waals surface area contributed by atoms with Crippen LogP contribution in [0.1, 0.15) is 24.0 Å². The normalized spacial score (nSPS) is 19.3. The summed E-state index contributed by atoms with van der Waals surface area (Å²) in [6.07, 6.45) is 5.42. The molecule has 0 saturated carbocycles. The highest BCUT2D eigenvalue weighted by Gasteiger charge is 2.24. The molecule has 0 unspecified atom stereocenters. The molecule has 0 atom stereocenters. The van der Waals surface area contributed by atoms with E-state index in [9.17, 15) is 4.79 Å². The van der Waals surface area contributed by atoms with E-state index in [1.807, 2.05) is 11.9 Å². The fraction of sp³-hybridized carbons (Fsp3) is 0.438. The second-order valence-electron chi connectivity index (χ2n) is 5.54. The van der Waals surface area contributed by atoms with Crippen molar-refractivity contribution in [1.29, 1.82) is 0 Å². The largest absolute Gasteiger partial charge is 0.345 e. The number of likely N-dealkylation sites (tertiary alicyclic amines) is 1. The van der Waals surface area contributed by atoms with Gasteiger partial charge < -0.3 is 4.90 Å². The van der Waals surface area contributed by atoms with Crippen LogP contribution in [0.3, 0.4) is 0 Å². The van der Waals surface area contributed by atoms with Crippen LogP contribution in [0.5, 0.6) is 0 Å².